The van der Waals surface area contributed by atoms with Crippen LogP contribution in [0, 0.1) is 58.2 Å². The molecule has 10 rings (SSSR count). The molecular formula is C73H80Cl2O10. The molecule has 0 bridgehead atoms. The van der Waals surface area contributed by atoms with Crippen LogP contribution in [0.15, 0.2) is 127 Å². The molecule has 0 radical (unpaired) electrons. The van der Waals surface area contributed by atoms with Crippen molar-refractivity contribution in [3.8, 4) is 33.8 Å². The van der Waals surface area contributed by atoms with E-state index in [1.807, 2.05) is 0 Å². The van der Waals surface area contributed by atoms with E-state index in [9.17, 15) is 39.6 Å². The fourth-order valence-electron chi connectivity index (χ4n) is 16.3. The summed E-state index contributed by atoms with van der Waals surface area (Å²) in [5.41, 5.74) is 6.14. The maximum Gasteiger partial charge on any atom is 0.339 e. The van der Waals surface area contributed by atoms with Gasteiger partial charge in [0.1, 0.15) is 24.3 Å². The van der Waals surface area contributed by atoms with E-state index in [2.05, 4.69) is 40.7 Å². The van der Waals surface area contributed by atoms with Crippen LogP contribution in [0.4, 0.5) is 0 Å². The van der Waals surface area contributed by atoms with Gasteiger partial charge in [-0.3, -0.25) is 0 Å². The number of hydrogen-bond donors (Lipinski definition) is 4. The average molecular weight is 1190 g/mol. The molecule has 0 aliphatic heterocycles. The van der Waals surface area contributed by atoms with Crippen molar-refractivity contribution >= 4 is 52.7 Å². The Balaban J connectivity index is 0.896. The summed E-state index contributed by atoms with van der Waals surface area (Å²) in [5.74, 6) is 1.29. The second-order valence-corrected chi connectivity index (χ2v) is 26.8. The lowest BCUT2D eigenvalue weighted by Gasteiger charge is -2.61. The minimum Gasteiger partial charge on any atom is -0.486 e. The lowest BCUT2D eigenvalue weighted by molar-refractivity contribution is -0.121. The summed E-state index contributed by atoms with van der Waals surface area (Å²) in [5, 5.41) is 41.2. The van der Waals surface area contributed by atoms with E-state index >= 15 is 0 Å². The SMILES string of the molecule is CC(C)CCCC(C)[C@H]1CCC2C3CCC4C[C@@H](CCC=C(c5cc(Cl)c(OCc6ccc(-c7ccccc7C(=O)O)cc6)c(C(=O)O)c5)c5cc(Cl)c(OCc6ccc(-c7ccccc7C(=O)O)cc6)c(C(=O)O)c5)CC[C@]4(C)C3CC[C@@]21C. The Morgan fingerprint density at radius 2 is 1.07 bits per heavy atom. The minimum absolute atomic E-state index is 0.0355. The van der Waals surface area contributed by atoms with Gasteiger partial charge in [0, 0.05) is 0 Å². The van der Waals surface area contributed by atoms with E-state index in [0.717, 1.165) is 48.3 Å². The molecule has 10 nitrogen and oxygen atoms in total. The molecule has 12 heteroatoms. The number of fused-ring (bicyclic) bond motifs is 5. The quantitative estimate of drug-likeness (QED) is 0.0514. The largest absolute Gasteiger partial charge is 0.486 e. The zero-order valence-corrected chi connectivity index (χ0v) is 51.1. The normalized spacial score (nSPS) is 23.7. The molecule has 4 aliphatic rings. The van der Waals surface area contributed by atoms with Crippen molar-refractivity contribution in [2.75, 3.05) is 0 Å². The molecular weight excluding hydrogens is 1110 g/mol. The van der Waals surface area contributed by atoms with Crippen molar-refractivity contribution < 1.29 is 49.1 Å². The Hall–Kier alpha value is -6.88. The third-order valence-corrected chi connectivity index (χ3v) is 21.2. The lowest BCUT2D eigenvalue weighted by atomic mass is 9.44. The van der Waals surface area contributed by atoms with Crippen LogP contribution in [0.2, 0.25) is 10.0 Å². The number of benzene rings is 6. The first-order chi connectivity index (χ1) is 40.7. The summed E-state index contributed by atoms with van der Waals surface area (Å²) in [7, 11) is 0. The smallest absolute Gasteiger partial charge is 0.339 e. The van der Waals surface area contributed by atoms with Crippen LogP contribution in [0.1, 0.15) is 188 Å². The first kappa shape index (κ1) is 61.2. The van der Waals surface area contributed by atoms with Crippen LogP contribution in [0.5, 0.6) is 11.5 Å². The zero-order chi connectivity index (χ0) is 60.3. The number of aromatic carboxylic acids is 4. The number of allylic oxidation sites excluding steroid dienone is 1. The van der Waals surface area contributed by atoms with E-state index < -0.39 is 23.9 Å². The highest BCUT2D eigenvalue weighted by Gasteiger charge is 2.60. The maximum atomic E-state index is 13.2. The highest BCUT2D eigenvalue weighted by molar-refractivity contribution is 6.33. The molecule has 446 valence electrons. The first-order valence-electron chi connectivity index (χ1n) is 30.7. The zero-order valence-electron chi connectivity index (χ0n) is 49.6. The molecule has 4 saturated carbocycles. The van der Waals surface area contributed by atoms with Gasteiger partial charge < -0.3 is 29.9 Å². The van der Waals surface area contributed by atoms with Crippen LogP contribution in [0.25, 0.3) is 27.8 Å². The molecule has 4 N–H and O–H groups in total. The van der Waals surface area contributed by atoms with E-state index in [4.69, 9.17) is 32.7 Å². The molecule has 9 atom stereocenters. The summed E-state index contributed by atoms with van der Waals surface area (Å²) >= 11 is 14.1. The highest BCUT2D eigenvalue weighted by atomic mass is 35.5. The van der Waals surface area contributed by atoms with Gasteiger partial charge in [-0.2, -0.15) is 0 Å². The summed E-state index contributed by atoms with van der Waals surface area (Å²) in [6, 6.07) is 34.1. The van der Waals surface area contributed by atoms with Crippen LogP contribution >= 0.6 is 23.2 Å². The van der Waals surface area contributed by atoms with Gasteiger partial charge in [0.25, 0.3) is 0 Å². The number of halogens is 2. The second-order valence-electron chi connectivity index (χ2n) is 26.0. The van der Waals surface area contributed by atoms with E-state index in [1.165, 1.54) is 82.8 Å². The fourth-order valence-corrected chi connectivity index (χ4v) is 16.9. The van der Waals surface area contributed by atoms with Gasteiger partial charge in [-0.15, -0.1) is 0 Å². The molecule has 6 aromatic carbocycles. The fraction of sp³-hybridized carbons (Fsp3) is 0.425. The maximum absolute atomic E-state index is 13.2. The van der Waals surface area contributed by atoms with Gasteiger partial charge >= 0.3 is 23.9 Å². The molecule has 0 aromatic heterocycles. The van der Waals surface area contributed by atoms with Crippen LogP contribution < -0.4 is 9.47 Å². The topological polar surface area (TPSA) is 168 Å². The summed E-state index contributed by atoms with van der Waals surface area (Å²) in [4.78, 5) is 50.3. The van der Waals surface area contributed by atoms with Gasteiger partial charge in [-0.25, -0.2) is 19.2 Å². The number of hydrogen-bond acceptors (Lipinski definition) is 6. The van der Waals surface area contributed by atoms with E-state index in [0.29, 0.717) is 79.2 Å². The number of ether oxygens (including phenoxy) is 2. The van der Waals surface area contributed by atoms with Crippen LogP contribution in [-0.2, 0) is 13.2 Å². The standard InChI is InChI=1S/C73H80Cl2O10/c1-43(2)12-10-13-44(3)61-30-31-62-58-29-28-52-36-45(32-34-72(52,4)63(58)33-35-73(61,62)5)14-11-19-53(50-37-59(70(80)81)66(64(74)39-50)84-41-46-20-24-48(25-21-46)54-15-6-8-17-56(54)68(76)77)51-38-60(71(82)83)67(65(75)40-51)85-42-47-22-26-49(27-23-47)55-16-7-9-18-57(55)69(78)79/h6-9,15-27,37-40,43-45,52,58,61-63H,10-14,28-36,41-42H2,1-5H3,(H,76,77)(H,78,79)(H,80,81)(H,82,83)/t44?,45-,52?,58?,61+,62?,63?,72-,73+/m0/s1. The predicted octanol–water partition coefficient (Wildman–Crippen LogP) is 19.2. The van der Waals surface area contributed by atoms with Gasteiger partial charge in [-0.1, -0.05) is 168 Å². The van der Waals surface area contributed by atoms with Crippen molar-refractivity contribution in [3.05, 3.63) is 182 Å². The van der Waals surface area contributed by atoms with Gasteiger partial charge in [-0.05, 0) is 215 Å². The molecule has 0 heterocycles. The Labute approximate surface area is 510 Å². The predicted molar refractivity (Wildman–Crippen MR) is 336 cm³/mol. The molecule has 6 aromatic rings. The van der Waals surface area contributed by atoms with Gasteiger partial charge in [0.05, 0.1) is 21.2 Å². The van der Waals surface area contributed by atoms with Crippen LogP contribution in [-0.4, -0.2) is 44.3 Å². The summed E-state index contributed by atoms with van der Waals surface area (Å²) < 4.78 is 12.4. The molecule has 5 unspecified atom stereocenters. The molecule has 0 amide bonds. The average Bonchev–Trinajstić information content (AvgIpc) is 2.53. The number of carbonyl (C=O) groups is 4. The minimum atomic E-state index is -1.27. The molecule has 0 spiro atoms. The molecule has 4 fully saturated rings. The third-order valence-electron chi connectivity index (χ3n) is 20.7. The number of carboxylic acids is 4. The van der Waals surface area contributed by atoms with Crippen molar-refractivity contribution in [1.29, 1.82) is 0 Å². The molecule has 85 heavy (non-hydrogen) atoms. The van der Waals surface area contributed by atoms with Crippen molar-refractivity contribution in [1.82, 2.24) is 0 Å². The Morgan fingerprint density at radius 3 is 1.58 bits per heavy atom. The van der Waals surface area contributed by atoms with Gasteiger partial charge in [0.15, 0.2) is 11.5 Å². The number of carboxylic acid groups (broad SMARTS) is 4. The first-order valence-corrected chi connectivity index (χ1v) is 31.4. The summed E-state index contributed by atoms with van der Waals surface area (Å²) in [6.07, 6.45) is 19.3. The Bertz CT molecular complexity index is 3300. The third kappa shape index (κ3) is 13.0. The monoisotopic (exact) mass is 1190 g/mol. The van der Waals surface area contributed by atoms with Crippen LogP contribution in [0.3, 0.4) is 0 Å². The van der Waals surface area contributed by atoms with Gasteiger partial charge in [0.2, 0.25) is 0 Å². The van der Waals surface area contributed by atoms with Crippen molar-refractivity contribution in [2.45, 2.75) is 138 Å². The van der Waals surface area contributed by atoms with Crippen molar-refractivity contribution in [2.24, 2.45) is 58.2 Å². The molecule has 0 saturated heterocycles. The van der Waals surface area contributed by atoms with E-state index in [1.54, 1.807) is 109 Å². The van der Waals surface area contributed by atoms with Crippen molar-refractivity contribution in [3.63, 3.8) is 0 Å². The Morgan fingerprint density at radius 1 is 0.576 bits per heavy atom. The second kappa shape index (κ2) is 26.0. The summed E-state index contributed by atoms with van der Waals surface area (Å²) in [6.45, 7) is 12.5. The highest BCUT2D eigenvalue weighted by Crippen LogP contribution is 2.69. The van der Waals surface area contributed by atoms with E-state index in [-0.39, 0.29) is 57.0 Å². The number of rotatable bonds is 22. The Kier molecular flexibility index (Phi) is 18.7. The molecule has 4 aliphatic carbocycles. The lowest BCUT2D eigenvalue weighted by Crippen LogP contribution is -2.53.